The highest BCUT2D eigenvalue weighted by molar-refractivity contribution is 7.80. The Kier molecular flexibility index (Phi) is 3.74. The average Bonchev–Trinajstić information content (AvgIpc) is 2.16. The van der Waals surface area contributed by atoms with Crippen molar-refractivity contribution in [3.05, 3.63) is 33.1 Å². The molecule has 0 saturated heterocycles. The van der Waals surface area contributed by atoms with Crippen LogP contribution in [0.15, 0.2) is 12.3 Å². The van der Waals surface area contributed by atoms with Gasteiger partial charge in [-0.1, -0.05) is 23.4 Å². The molecule has 1 aromatic heterocycles. The van der Waals surface area contributed by atoms with Crippen LogP contribution in [0.2, 0.25) is 5.15 Å². The molecule has 1 heterocycles. The van der Waals surface area contributed by atoms with Gasteiger partial charge in [-0.05, 0) is 0 Å². The maximum atomic E-state index is 10.4. The molecule has 0 N–H and O–H groups in total. The van der Waals surface area contributed by atoms with Crippen molar-refractivity contribution >= 4 is 29.9 Å². The van der Waals surface area contributed by atoms with Crippen LogP contribution in [0.4, 0.5) is 5.69 Å². The van der Waals surface area contributed by atoms with Gasteiger partial charge in [0.1, 0.15) is 11.3 Å². The molecule has 0 atom stereocenters. The van der Waals surface area contributed by atoms with Crippen LogP contribution in [-0.4, -0.2) is 15.7 Å². The number of thiol groups is 1. The van der Waals surface area contributed by atoms with E-state index in [1.807, 2.05) is 0 Å². The fraction of sp³-hybridized carbons (Fsp3) is 0.125. The quantitative estimate of drug-likeness (QED) is 0.263. The zero-order chi connectivity index (χ0) is 10.6. The van der Waals surface area contributed by atoms with Crippen LogP contribution in [0.5, 0.6) is 0 Å². The standard InChI is InChI=1S/C8H5ClN2O2S/c9-8-6(2-1-3-14)4-7(5-10-8)11(12)13/h4-5,14H,3H2. The topological polar surface area (TPSA) is 56.0 Å². The zero-order valence-electron chi connectivity index (χ0n) is 6.90. The van der Waals surface area contributed by atoms with Gasteiger partial charge in [-0.3, -0.25) is 10.1 Å². The highest BCUT2D eigenvalue weighted by atomic mass is 35.5. The molecular formula is C8H5ClN2O2S. The van der Waals surface area contributed by atoms with Crippen LogP contribution < -0.4 is 0 Å². The molecule has 0 aliphatic heterocycles. The minimum Gasteiger partial charge on any atom is -0.258 e. The van der Waals surface area contributed by atoms with E-state index in [9.17, 15) is 10.1 Å². The fourth-order valence-corrected chi connectivity index (χ4v) is 0.989. The molecule has 14 heavy (non-hydrogen) atoms. The number of hydrogen-bond acceptors (Lipinski definition) is 4. The third-order valence-corrected chi connectivity index (χ3v) is 1.80. The van der Waals surface area contributed by atoms with Crippen molar-refractivity contribution in [2.24, 2.45) is 0 Å². The summed E-state index contributed by atoms with van der Waals surface area (Å²) >= 11 is 9.56. The molecule has 0 unspecified atom stereocenters. The smallest absolute Gasteiger partial charge is 0.258 e. The van der Waals surface area contributed by atoms with Crippen molar-refractivity contribution in [1.82, 2.24) is 4.98 Å². The van der Waals surface area contributed by atoms with Crippen molar-refractivity contribution in [2.75, 3.05) is 5.75 Å². The van der Waals surface area contributed by atoms with Gasteiger partial charge in [-0.25, -0.2) is 4.98 Å². The fourth-order valence-electron chi connectivity index (χ4n) is 0.759. The van der Waals surface area contributed by atoms with Crippen LogP contribution >= 0.6 is 24.2 Å². The minimum atomic E-state index is -0.546. The van der Waals surface area contributed by atoms with Crippen LogP contribution in [0.25, 0.3) is 0 Å². The van der Waals surface area contributed by atoms with Gasteiger partial charge in [0.2, 0.25) is 0 Å². The van der Waals surface area contributed by atoms with E-state index in [-0.39, 0.29) is 10.8 Å². The van der Waals surface area contributed by atoms with Crippen molar-refractivity contribution in [2.45, 2.75) is 0 Å². The second-order valence-electron chi connectivity index (χ2n) is 2.25. The maximum Gasteiger partial charge on any atom is 0.288 e. The predicted molar refractivity (Wildman–Crippen MR) is 56.6 cm³/mol. The van der Waals surface area contributed by atoms with Gasteiger partial charge < -0.3 is 0 Å². The normalized spacial score (nSPS) is 9.00. The van der Waals surface area contributed by atoms with Gasteiger partial charge in [0.15, 0.2) is 0 Å². The van der Waals surface area contributed by atoms with E-state index in [0.717, 1.165) is 6.20 Å². The summed E-state index contributed by atoms with van der Waals surface area (Å²) in [6, 6.07) is 1.28. The summed E-state index contributed by atoms with van der Waals surface area (Å²) in [5.74, 6) is 5.63. The Hall–Kier alpha value is -1.25. The summed E-state index contributed by atoms with van der Waals surface area (Å²) in [6.45, 7) is 0. The molecule has 0 aromatic carbocycles. The van der Waals surface area contributed by atoms with Gasteiger partial charge in [0, 0.05) is 6.07 Å². The lowest BCUT2D eigenvalue weighted by atomic mass is 10.2. The predicted octanol–water partition coefficient (Wildman–Crippen LogP) is 1.92. The van der Waals surface area contributed by atoms with E-state index in [2.05, 4.69) is 29.5 Å². The molecule has 1 aromatic rings. The number of rotatable bonds is 1. The first-order chi connectivity index (χ1) is 6.65. The molecule has 0 spiro atoms. The number of halogens is 1. The summed E-state index contributed by atoms with van der Waals surface area (Å²) in [5.41, 5.74) is 0.216. The van der Waals surface area contributed by atoms with Crippen molar-refractivity contribution in [1.29, 1.82) is 0 Å². The Bertz CT molecular complexity index is 425. The molecule has 6 heteroatoms. The molecule has 0 saturated carbocycles. The number of aromatic nitrogens is 1. The van der Waals surface area contributed by atoms with Crippen LogP contribution in [0.3, 0.4) is 0 Å². The Morgan fingerprint density at radius 1 is 1.71 bits per heavy atom. The Labute approximate surface area is 90.9 Å². The van der Waals surface area contributed by atoms with Crippen molar-refractivity contribution < 1.29 is 4.92 Å². The van der Waals surface area contributed by atoms with Gasteiger partial charge in [0.05, 0.1) is 16.2 Å². The molecule has 0 aliphatic rings. The van der Waals surface area contributed by atoms with Gasteiger partial charge in [0.25, 0.3) is 5.69 Å². The lowest BCUT2D eigenvalue weighted by Gasteiger charge is -1.94. The number of nitro groups is 1. The van der Waals surface area contributed by atoms with Crippen LogP contribution in [-0.2, 0) is 0 Å². The second kappa shape index (κ2) is 4.84. The molecule has 0 amide bonds. The van der Waals surface area contributed by atoms with E-state index < -0.39 is 4.92 Å². The molecule has 0 aliphatic carbocycles. The van der Waals surface area contributed by atoms with Crippen molar-refractivity contribution in [3.63, 3.8) is 0 Å². The Morgan fingerprint density at radius 2 is 2.43 bits per heavy atom. The van der Waals surface area contributed by atoms with Gasteiger partial charge in [-0.15, -0.1) is 0 Å². The highest BCUT2D eigenvalue weighted by Crippen LogP contribution is 2.17. The van der Waals surface area contributed by atoms with E-state index in [0.29, 0.717) is 11.3 Å². The first-order valence-electron chi connectivity index (χ1n) is 3.55. The summed E-state index contributed by atoms with van der Waals surface area (Å²) in [7, 11) is 0. The van der Waals surface area contributed by atoms with Crippen LogP contribution in [0.1, 0.15) is 5.56 Å². The second-order valence-corrected chi connectivity index (χ2v) is 2.92. The number of nitrogens with zero attached hydrogens (tertiary/aromatic N) is 2. The minimum absolute atomic E-state index is 0.127. The zero-order valence-corrected chi connectivity index (χ0v) is 8.55. The lowest BCUT2D eigenvalue weighted by molar-refractivity contribution is -0.385. The van der Waals surface area contributed by atoms with E-state index >= 15 is 0 Å². The maximum absolute atomic E-state index is 10.4. The summed E-state index contributed by atoms with van der Waals surface area (Å²) < 4.78 is 0. The summed E-state index contributed by atoms with van der Waals surface area (Å²) in [6.07, 6.45) is 1.09. The largest absolute Gasteiger partial charge is 0.288 e. The summed E-state index contributed by atoms with van der Waals surface area (Å²) in [5, 5.41) is 10.6. The van der Waals surface area contributed by atoms with E-state index in [4.69, 9.17) is 11.6 Å². The molecule has 0 bridgehead atoms. The molecule has 72 valence electrons. The molecule has 4 nitrogen and oxygen atoms in total. The first kappa shape index (κ1) is 10.8. The SMILES string of the molecule is O=[N+]([O-])c1cnc(Cl)c(C#CCS)c1. The lowest BCUT2D eigenvalue weighted by Crippen LogP contribution is -1.91. The average molecular weight is 229 g/mol. The molecule has 1 rings (SSSR count). The first-order valence-corrected chi connectivity index (χ1v) is 4.56. The highest BCUT2D eigenvalue weighted by Gasteiger charge is 2.08. The Morgan fingerprint density at radius 3 is 3.00 bits per heavy atom. The third-order valence-electron chi connectivity index (χ3n) is 1.34. The van der Waals surface area contributed by atoms with Crippen molar-refractivity contribution in [3.8, 4) is 11.8 Å². The van der Waals surface area contributed by atoms with Crippen LogP contribution in [0, 0.1) is 22.0 Å². The van der Waals surface area contributed by atoms with E-state index in [1.165, 1.54) is 6.07 Å². The number of pyridine rings is 1. The molecule has 0 fully saturated rings. The summed E-state index contributed by atoms with van der Waals surface area (Å²) in [4.78, 5) is 13.5. The monoisotopic (exact) mass is 228 g/mol. The molecular weight excluding hydrogens is 224 g/mol. The number of hydrogen-bond donors (Lipinski definition) is 1. The molecule has 0 radical (unpaired) electrons. The van der Waals surface area contributed by atoms with E-state index in [1.54, 1.807) is 0 Å². The third kappa shape index (κ3) is 2.62. The van der Waals surface area contributed by atoms with Gasteiger partial charge in [-0.2, -0.15) is 12.6 Å². The van der Waals surface area contributed by atoms with Gasteiger partial charge >= 0.3 is 0 Å². The Balaban J connectivity index is 3.14.